The van der Waals surface area contributed by atoms with Gasteiger partial charge in [-0.25, -0.2) is 0 Å². The Morgan fingerprint density at radius 1 is 0.474 bits per heavy atom. The molecule has 7 unspecified atom stereocenters. The van der Waals surface area contributed by atoms with Gasteiger partial charge in [0, 0.05) is 12.8 Å². The minimum Gasteiger partial charge on any atom is -0.466 e. The van der Waals surface area contributed by atoms with Crippen molar-refractivity contribution in [2.45, 2.75) is 320 Å². The van der Waals surface area contributed by atoms with Gasteiger partial charge in [-0.1, -0.05) is 222 Å². The van der Waals surface area contributed by atoms with E-state index < -0.39 is 49.5 Å². The van der Waals surface area contributed by atoms with Crippen LogP contribution < -0.4 is 5.32 Å². The van der Waals surface area contributed by atoms with Crippen molar-refractivity contribution in [1.82, 2.24) is 5.32 Å². The Hall–Kier alpha value is -2.64. The molecule has 11 nitrogen and oxygen atoms in total. The zero-order valence-corrected chi connectivity index (χ0v) is 48.7. The second kappa shape index (κ2) is 54.3. The summed E-state index contributed by atoms with van der Waals surface area (Å²) >= 11 is 0. The van der Waals surface area contributed by atoms with Gasteiger partial charge in [0.15, 0.2) is 6.29 Å². The zero-order chi connectivity index (χ0) is 55.2. The van der Waals surface area contributed by atoms with Crippen molar-refractivity contribution < 1.29 is 49.3 Å². The molecule has 7 atom stereocenters. The Morgan fingerprint density at radius 2 is 0.868 bits per heavy atom. The number of hydrogen-bond donors (Lipinski definition) is 6. The molecule has 442 valence electrons. The maximum absolute atomic E-state index is 13.0. The van der Waals surface area contributed by atoms with Gasteiger partial charge in [-0.05, 0) is 103 Å². The average Bonchev–Trinajstić information content (AvgIpc) is 3.42. The fraction of sp³-hybridized carbons (Fsp3) is 0.815. The van der Waals surface area contributed by atoms with E-state index in [2.05, 4.69) is 67.8 Å². The molecule has 0 aromatic rings. The Morgan fingerprint density at radius 3 is 1.34 bits per heavy atom. The number of allylic oxidation sites excluding steroid dienone is 9. The number of amides is 1. The summed E-state index contributed by atoms with van der Waals surface area (Å²) in [4.78, 5) is 25.0. The van der Waals surface area contributed by atoms with Gasteiger partial charge in [-0.15, -0.1) is 0 Å². The van der Waals surface area contributed by atoms with Gasteiger partial charge in [-0.2, -0.15) is 0 Å². The first-order chi connectivity index (χ1) is 37.2. The van der Waals surface area contributed by atoms with Gasteiger partial charge < -0.3 is 45.1 Å². The summed E-state index contributed by atoms with van der Waals surface area (Å²) in [6, 6.07) is -0.839. The standard InChI is InChI=1S/C65H117NO10/c1-3-5-7-9-11-13-15-28-32-35-39-43-47-51-58(68)57(56-75-65-64(73)63(72)62(71)59(55-67)76-65)66-60(69)52-48-44-40-36-33-29-26-24-22-20-18-16-17-19-21-23-25-27-30-34-38-42-46-50-54-74-61(70)53-49-45-41-37-31-14-12-10-8-6-4-2/h10-13,18,20,32,35,47,51,57-59,62-65,67-68,71-73H,3-9,14-17,19,21-31,33-34,36-46,48-50,52-56H2,1-2H3,(H,66,69)/b12-10-,13-11+,20-18-,35-32+,51-47+. The number of nitrogens with one attached hydrogen (secondary N) is 1. The van der Waals surface area contributed by atoms with Gasteiger partial charge in [0.25, 0.3) is 0 Å². The maximum atomic E-state index is 13.0. The minimum absolute atomic E-state index is 0.0111. The molecule has 0 radical (unpaired) electrons. The number of aliphatic hydroxyl groups is 5. The molecule has 1 aliphatic rings. The van der Waals surface area contributed by atoms with Crippen molar-refractivity contribution in [1.29, 1.82) is 0 Å². The third kappa shape index (κ3) is 43.3. The van der Waals surface area contributed by atoms with Gasteiger partial charge in [0.05, 0.1) is 32.0 Å². The molecule has 11 heteroatoms. The van der Waals surface area contributed by atoms with E-state index in [1.807, 2.05) is 6.08 Å². The quantitative estimate of drug-likeness (QED) is 0.0195. The lowest BCUT2D eigenvalue weighted by Crippen LogP contribution is -2.60. The first-order valence-corrected chi connectivity index (χ1v) is 31.6. The van der Waals surface area contributed by atoms with Crippen LogP contribution in [0, 0.1) is 0 Å². The van der Waals surface area contributed by atoms with Crippen LogP contribution in [0.2, 0.25) is 0 Å². The second-order valence-corrected chi connectivity index (χ2v) is 21.7. The van der Waals surface area contributed by atoms with Crippen molar-refractivity contribution in [3.05, 3.63) is 60.8 Å². The molecular weight excluding hydrogens is 955 g/mol. The molecule has 0 bridgehead atoms. The highest BCUT2D eigenvalue weighted by Crippen LogP contribution is 2.23. The summed E-state index contributed by atoms with van der Waals surface area (Å²) in [5, 5.41) is 54.4. The topological polar surface area (TPSA) is 175 Å². The molecule has 0 aromatic heterocycles. The summed E-state index contributed by atoms with van der Waals surface area (Å²) in [5.41, 5.74) is 0. The molecule has 1 heterocycles. The van der Waals surface area contributed by atoms with Crippen LogP contribution >= 0.6 is 0 Å². The molecule has 1 aliphatic heterocycles. The fourth-order valence-electron chi connectivity index (χ4n) is 9.50. The third-order valence-electron chi connectivity index (χ3n) is 14.6. The lowest BCUT2D eigenvalue weighted by atomic mass is 9.99. The van der Waals surface area contributed by atoms with E-state index in [0.29, 0.717) is 19.4 Å². The summed E-state index contributed by atoms with van der Waals surface area (Å²) in [5.74, 6) is -0.213. The number of ether oxygens (including phenoxy) is 3. The van der Waals surface area contributed by atoms with Crippen LogP contribution in [0.25, 0.3) is 0 Å². The molecule has 0 aromatic carbocycles. The number of unbranched alkanes of at least 4 members (excludes halogenated alkanes) is 32. The minimum atomic E-state index is -1.58. The lowest BCUT2D eigenvalue weighted by molar-refractivity contribution is -0.302. The van der Waals surface area contributed by atoms with Gasteiger partial charge in [0.2, 0.25) is 5.91 Å². The molecular formula is C65H117NO10. The molecule has 1 rings (SSSR count). The molecule has 0 spiro atoms. The summed E-state index contributed by atoms with van der Waals surface area (Å²) in [6.07, 6.45) is 60.4. The number of rotatable bonds is 54. The van der Waals surface area contributed by atoms with E-state index in [1.165, 1.54) is 167 Å². The number of carbonyl (C=O) groups is 2. The highest BCUT2D eigenvalue weighted by Gasteiger charge is 2.44. The van der Waals surface area contributed by atoms with Crippen LogP contribution in [0.1, 0.15) is 277 Å². The van der Waals surface area contributed by atoms with Crippen molar-refractivity contribution in [2.24, 2.45) is 0 Å². The van der Waals surface area contributed by atoms with Crippen molar-refractivity contribution in [3.63, 3.8) is 0 Å². The highest BCUT2D eigenvalue weighted by molar-refractivity contribution is 5.76. The monoisotopic (exact) mass is 1070 g/mol. The van der Waals surface area contributed by atoms with Gasteiger partial charge in [0.1, 0.15) is 24.4 Å². The Labute approximate surface area is 465 Å². The molecule has 0 saturated carbocycles. The van der Waals surface area contributed by atoms with Crippen LogP contribution in [0.15, 0.2) is 60.8 Å². The average molecular weight is 1070 g/mol. The Kier molecular flexibility index (Phi) is 51.0. The third-order valence-corrected chi connectivity index (χ3v) is 14.6. The van der Waals surface area contributed by atoms with Crippen LogP contribution in [0.4, 0.5) is 0 Å². The van der Waals surface area contributed by atoms with E-state index in [4.69, 9.17) is 14.2 Å². The molecule has 1 fully saturated rings. The van der Waals surface area contributed by atoms with Crippen LogP contribution in [-0.4, -0.2) is 100 Å². The van der Waals surface area contributed by atoms with E-state index in [9.17, 15) is 35.1 Å². The predicted molar refractivity (Wildman–Crippen MR) is 315 cm³/mol. The summed E-state index contributed by atoms with van der Waals surface area (Å²) < 4.78 is 16.7. The molecule has 6 N–H and O–H groups in total. The van der Waals surface area contributed by atoms with Crippen LogP contribution in [0.3, 0.4) is 0 Å². The number of hydrogen-bond acceptors (Lipinski definition) is 10. The zero-order valence-electron chi connectivity index (χ0n) is 48.7. The predicted octanol–water partition coefficient (Wildman–Crippen LogP) is 15.0. The normalized spacial score (nSPS) is 19.1. The van der Waals surface area contributed by atoms with Crippen molar-refractivity contribution in [2.75, 3.05) is 19.8 Å². The highest BCUT2D eigenvalue weighted by atomic mass is 16.7. The van der Waals surface area contributed by atoms with Crippen LogP contribution in [0.5, 0.6) is 0 Å². The largest absolute Gasteiger partial charge is 0.466 e. The van der Waals surface area contributed by atoms with Gasteiger partial charge >= 0.3 is 5.97 Å². The van der Waals surface area contributed by atoms with E-state index in [0.717, 1.165) is 83.5 Å². The number of esters is 1. The maximum Gasteiger partial charge on any atom is 0.305 e. The Bertz CT molecular complexity index is 1450. The summed E-state index contributed by atoms with van der Waals surface area (Å²) in [7, 11) is 0. The first kappa shape index (κ1) is 71.4. The molecule has 1 saturated heterocycles. The fourth-order valence-corrected chi connectivity index (χ4v) is 9.50. The van der Waals surface area contributed by atoms with Gasteiger partial charge in [-0.3, -0.25) is 9.59 Å². The number of aliphatic hydroxyl groups excluding tert-OH is 5. The second-order valence-electron chi connectivity index (χ2n) is 21.7. The Balaban J connectivity index is 2.06. The molecule has 76 heavy (non-hydrogen) atoms. The van der Waals surface area contributed by atoms with Crippen LogP contribution in [-0.2, 0) is 23.8 Å². The smallest absolute Gasteiger partial charge is 0.305 e. The van der Waals surface area contributed by atoms with E-state index in [1.54, 1.807) is 6.08 Å². The lowest BCUT2D eigenvalue weighted by Gasteiger charge is -2.40. The number of carbonyl (C=O) groups excluding carboxylic acids is 2. The first-order valence-electron chi connectivity index (χ1n) is 31.6. The molecule has 0 aliphatic carbocycles. The SMILES string of the molecule is CCCC/C=C\CCCCCCCC(=O)OCCCCCCCCCCCCCC/C=C\CCCCCCCCCCC(=O)NC(COC1OC(CO)C(O)C(O)C1O)C(O)/C=C/CC/C=C/CC/C=C/CCCCC. The van der Waals surface area contributed by atoms with E-state index >= 15 is 0 Å². The van der Waals surface area contributed by atoms with E-state index in [-0.39, 0.29) is 18.5 Å². The van der Waals surface area contributed by atoms with Crippen molar-refractivity contribution >= 4 is 11.9 Å². The summed E-state index contributed by atoms with van der Waals surface area (Å²) in [6.45, 7) is 4.25. The molecule has 1 amide bonds. The van der Waals surface area contributed by atoms with Crippen molar-refractivity contribution in [3.8, 4) is 0 Å².